The molecular weight excluding hydrogens is 254 g/mol. The Morgan fingerprint density at radius 3 is 2.89 bits per heavy atom. The zero-order valence-electron chi connectivity index (χ0n) is 10.5. The third kappa shape index (κ3) is 5.84. The van der Waals surface area contributed by atoms with Crippen molar-refractivity contribution in [3.05, 3.63) is 23.5 Å². The largest absolute Gasteiger partial charge is 0.393 e. The normalized spacial score (nSPS) is 13.8. The molecule has 0 spiro atoms. The lowest BCUT2D eigenvalue weighted by Crippen LogP contribution is -2.33. The van der Waals surface area contributed by atoms with E-state index in [1.54, 1.807) is 19.1 Å². The number of aliphatic hydroxyl groups excluding tert-OH is 1. The molecule has 1 aromatic heterocycles. The molecule has 2 unspecified atom stereocenters. The number of carbonyl (C=O) groups is 1. The molecule has 0 aromatic carbocycles. The first-order valence-corrected chi connectivity index (χ1v) is 6.19. The van der Waals surface area contributed by atoms with Gasteiger partial charge in [0, 0.05) is 18.4 Å². The monoisotopic (exact) mass is 271 g/mol. The van der Waals surface area contributed by atoms with E-state index in [0.717, 1.165) is 0 Å². The molecule has 5 nitrogen and oxygen atoms in total. The van der Waals surface area contributed by atoms with Crippen molar-refractivity contribution in [3.8, 4) is 0 Å². The van der Waals surface area contributed by atoms with E-state index in [4.69, 9.17) is 11.6 Å². The summed E-state index contributed by atoms with van der Waals surface area (Å²) in [6, 6.07) is 2.93. The Kier molecular flexibility index (Phi) is 5.88. The summed E-state index contributed by atoms with van der Waals surface area (Å²) in [5.41, 5.74) is 0.593. The maximum Gasteiger partial charge on any atom is 0.319 e. The highest BCUT2D eigenvalue weighted by Gasteiger charge is 2.08. The maximum absolute atomic E-state index is 11.6. The van der Waals surface area contributed by atoms with Crippen LogP contribution in [-0.4, -0.2) is 28.8 Å². The fraction of sp³-hybridized carbons (Fsp3) is 0.500. The number of anilines is 1. The number of urea groups is 1. The molecule has 1 heterocycles. The van der Waals surface area contributed by atoms with Crippen molar-refractivity contribution in [2.75, 3.05) is 11.9 Å². The average Bonchev–Trinajstić information content (AvgIpc) is 2.25. The van der Waals surface area contributed by atoms with E-state index in [1.165, 1.54) is 6.20 Å². The average molecular weight is 272 g/mol. The number of aromatic nitrogens is 1. The molecule has 100 valence electrons. The van der Waals surface area contributed by atoms with Crippen molar-refractivity contribution in [2.24, 2.45) is 5.92 Å². The van der Waals surface area contributed by atoms with Crippen LogP contribution in [0.4, 0.5) is 10.5 Å². The molecule has 0 radical (unpaired) electrons. The zero-order chi connectivity index (χ0) is 13.5. The number of carbonyl (C=O) groups excluding carboxylic acids is 1. The van der Waals surface area contributed by atoms with E-state index in [1.807, 2.05) is 6.92 Å². The number of halogens is 1. The summed E-state index contributed by atoms with van der Waals surface area (Å²) in [4.78, 5) is 15.4. The minimum atomic E-state index is -0.358. The molecule has 0 saturated heterocycles. The molecule has 2 amide bonds. The van der Waals surface area contributed by atoms with Crippen LogP contribution in [0.3, 0.4) is 0 Å². The Hall–Kier alpha value is -1.33. The highest BCUT2D eigenvalue weighted by molar-refractivity contribution is 6.29. The lowest BCUT2D eigenvalue weighted by molar-refractivity contribution is 0.163. The van der Waals surface area contributed by atoms with Gasteiger partial charge in [-0.15, -0.1) is 0 Å². The van der Waals surface area contributed by atoms with Crippen LogP contribution < -0.4 is 10.6 Å². The van der Waals surface area contributed by atoms with Crippen LogP contribution in [0.1, 0.15) is 20.3 Å². The van der Waals surface area contributed by atoms with Crippen molar-refractivity contribution >= 4 is 23.3 Å². The van der Waals surface area contributed by atoms with Crippen LogP contribution in [0.5, 0.6) is 0 Å². The number of hydrogen-bond acceptors (Lipinski definition) is 3. The third-order valence-electron chi connectivity index (χ3n) is 2.34. The number of rotatable bonds is 5. The summed E-state index contributed by atoms with van der Waals surface area (Å²) in [5.74, 6) is 0.219. The van der Waals surface area contributed by atoms with Gasteiger partial charge in [0.1, 0.15) is 5.15 Å². The Morgan fingerprint density at radius 2 is 2.28 bits per heavy atom. The third-order valence-corrected chi connectivity index (χ3v) is 2.55. The summed E-state index contributed by atoms with van der Waals surface area (Å²) in [6.45, 7) is 4.21. The minimum Gasteiger partial charge on any atom is -0.393 e. The summed E-state index contributed by atoms with van der Waals surface area (Å²) in [7, 11) is 0. The Bertz CT molecular complexity index is 399. The number of hydrogen-bond donors (Lipinski definition) is 3. The molecule has 0 aliphatic rings. The second-order valence-electron chi connectivity index (χ2n) is 4.39. The van der Waals surface area contributed by atoms with Gasteiger partial charge in [0.2, 0.25) is 0 Å². The van der Waals surface area contributed by atoms with Crippen molar-refractivity contribution < 1.29 is 9.90 Å². The summed E-state index contributed by atoms with van der Waals surface area (Å²) >= 11 is 5.70. The van der Waals surface area contributed by atoms with Crippen LogP contribution in [0.25, 0.3) is 0 Å². The van der Waals surface area contributed by atoms with Crippen LogP contribution in [-0.2, 0) is 0 Å². The first-order valence-electron chi connectivity index (χ1n) is 5.82. The standard InChI is InChI=1S/C12H18ClN3O2/c1-8(5-9(2)17)7-15-12(18)16-10-3-4-14-11(13)6-10/h3-4,6,8-9,17H,5,7H2,1-2H3,(H2,14,15,16,18). The van der Waals surface area contributed by atoms with Crippen molar-refractivity contribution in [2.45, 2.75) is 26.4 Å². The maximum atomic E-state index is 11.6. The van der Waals surface area contributed by atoms with Crippen LogP contribution in [0, 0.1) is 5.92 Å². The Morgan fingerprint density at radius 1 is 1.56 bits per heavy atom. The highest BCUT2D eigenvalue weighted by Crippen LogP contribution is 2.11. The quantitative estimate of drug-likeness (QED) is 0.719. The van der Waals surface area contributed by atoms with Gasteiger partial charge in [-0.05, 0) is 31.4 Å². The molecule has 0 saturated carbocycles. The van der Waals surface area contributed by atoms with Crippen molar-refractivity contribution in [1.29, 1.82) is 0 Å². The van der Waals surface area contributed by atoms with Gasteiger partial charge in [-0.3, -0.25) is 0 Å². The molecule has 0 fully saturated rings. The summed E-state index contributed by atoms with van der Waals surface area (Å²) < 4.78 is 0. The number of nitrogens with one attached hydrogen (secondary N) is 2. The van der Waals surface area contributed by atoms with E-state index < -0.39 is 0 Å². The first kappa shape index (κ1) is 14.7. The molecule has 6 heteroatoms. The Balaban J connectivity index is 2.34. The predicted octanol–water partition coefficient (Wildman–Crippen LogP) is 2.26. The predicted molar refractivity (Wildman–Crippen MR) is 71.7 cm³/mol. The van der Waals surface area contributed by atoms with E-state index in [9.17, 15) is 9.90 Å². The van der Waals surface area contributed by atoms with E-state index in [-0.39, 0.29) is 18.1 Å². The molecule has 0 aliphatic carbocycles. The summed E-state index contributed by atoms with van der Waals surface area (Å²) in [6.07, 6.45) is 1.82. The minimum absolute atomic E-state index is 0.219. The second-order valence-corrected chi connectivity index (χ2v) is 4.78. The smallest absolute Gasteiger partial charge is 0.319 e. The molecule has 1 rings (SSSR count). The molecule has 1 aromatic rings. The SMILES string of the molecule is CC(O)CC(C)CNC(=O)Nc1ccnc(Cl)c1. The van der Waals surface area contributed by atoms with Crippen molar-refractivity contribution in [1.82, 2.24) is 10.3 Å². The number of nitrogens with zero attached hydrogens (tertiary/aromatic N) is 1. The van der Waals surface area contributed by atoms with E-state index >= 15 is 0 Å². The summed E-state index contributed by atoms with van der Waals surface area (Å²) in [5, 5.41) is 14.9. The molecule has 3 N–H and O–H groups in total. The zero-order valence-corrected chi connectivity index (χ0v) is 11.2. The number of amides is 2. The lowest BCUT2D eigenvalue weighted by atomic mass is 10.1. The van der Waals surface area contributed by atoms with Gasteiger partial charge in [-0.2, -0.15) is 0 Å². The Labute approximate surface area is 112 Å². The molecule has 0 aliphatic heterocycles. The van der Waals surface area contributed by atoms with E-state index in [2.05, 4.69) is 15.6 Å². The van der Waals surface area contributed by atoms with Gasteiger partial charge in [-0.25, -0.2) is 9.78 Å². The van der Waals surface area contributed by atoms with Gasteiger partial charge < -0.3 is 15.7 Å². The van der Waals surface area contributed by atoms with Gasteiger partial charge >= 0.3 is 6.03 Å². The van der Waals surface area contributed by atoms with Crippen molar-refractivity contribution in [3.63, 3.8) is 0 Å². The second kappa shape index (κ2) is 7.18. The van der Waals surface area contributed by atoms with E-state index in [0.29, 0.717) is 23.8 Å². The van der Waals surface area contributed by atoms with Gasteiger partial charge in [0.05, 0.1) is 6.10 Å². The lowest BCUT2D eigenvalue weighted by Gasteiger charge is -2.14. The van der Waals surface area contributed by atoms with Crippen LogP contribution >= 0.6 is 11.6 Å². The van der Waals surface area contributed by atoms with Gasteiger partial charge in [-0.1, -0.05) is 18.5 Å². The highest BCUT2D eigenvalue weighted by atomic mass is 35.5. The number of aliphatic hydroxyl groups is 1. The van der Waals surface area contributed by atoms with Crippen LogP contribution in [0.2, 0.25) is 5.15 Å². The number of pyridine rings is 1. The molecule has 0 bridgehead atoms. The molecule has 18 heavy (non-hydrogen) atoms. The first-order chi connectivity index (χ1) is 8.47. The fourth-order valence-corrected chi connectivity index (χ4v) is 1.76. The molecule has 2 atom stereocenters. The van der Waals surface area contributed by atoms with Gasteiger partial charge in [0.15, 0.2) is 0 Å². The van der Waals surface area contributed by atoms with Crippen LogP contribution in [0.15, 0.2) is 18.3 Å². The van der Waals surface area contributed by atoms with Gasteiger partial charge in [0.25, 0.3) is 0 Å². The fourth-order valence-electron chi connectivity index (χ4n) is 1.59. The topological polar surface area (TPSA) is 74.2 Å². The molecular formula is C12H18ClN3O2.